The van der Waals surface area contributed by atoms with E-state index in [2.05, 4.69) is 15.4 Å². The molecule has 2 amide bonds. The molecule has 0 heterocycles. The van der Waals surface area contributed by atoms with E-state index in [-0.39, 0.29) is 23.8 Å². The summed E-state index contributed by atoms with van der Waals surface area (Å²) in [5.41, 5.74) is 0.237. The molecule has 0 saturated carbocycles. The number of benzene rings is 2. The predicted molar refractivity (Wildman–Crippen MR) is 107 cm³/mol. The fourth-order valence-electron chi connectivity index (χ4n) is 2.68. The number of esters is 1. The maximum absolute atomic E-state index is 13.3. The molecule has 0 aliphatic rings. The van der Waals surface area contributed by atoms with Crippen molar-refractivity contribution < 1.29 is 23.5 Å². The topological polar surface area (TPSA) is 87.7 Å². The molecule has 1 atom stereocenters. The predicted octanol–water partition coefficient (Wildman–Crippen LogP) is 2.14. The number of methoxy groups -OCH3 is 1. The second kappa shape index (κ2) is 9.29. The molecule has 8 heteroatoms. The van der Waals surface area contributed by atoms with Crippen molar-refractivity contribution in [1.29, 1.82) is 0 Å². The van der Waals surface area contributed by atoms with E-state index in [1.165, 1.54) is 25.3 Å². The molecule has 0 aromatic heterocycles. The first kappa shape index (κ1) is 22.0. The van der Waals surface area contributed by atoms with E-state index < -0.39 is 17.4 Å². The number of nitrogens with zero attached hydrogens (tertiary/aromatic N) is 1. The molecule has 0 spiro atoms. The number of carbonyl (C=O) groups excluding carboxylic acids is 3. The molecule has 0 saturated heterocycles. The summed E-state index contributed by atoms with van der Waals surface area (Å²) in [4.78, 5) is 38.2. The van der Waals surface area contributed by atoms with Crippen LogP contribution in [-0.2, 0) is 19.9 Å². The highest BCUT2D eigenvalue weighted by molar-refractivity contribution is 6.01. The molecule has 2 rings (SSSR count). The second-order valence-corrected chi connectivity index (χ2v) is 6.77. The van der Waals surface area contributed by atoms with Crippen molar-refractivity contribution in [2.75, 3.05) is 33.1 Å². The molecule has 2 aromatic carbocycles. The average molecular weight is 401 g/mol. The minimum Gasteiger partial charge on any atom is -0.468 e. The maximum atomic E-state index is 13.3. The van der Waals surface area contributed by atoms with E-state index in [9.17, 15) is 18.8 Å². The molecule has 0 radical (unpaired) electrons. The molecule has 0 aliphatic heterocycles. The van der Waals surface area contributed by atoms with Gasteiger partial charge < -0.3 is 15.4 Å². The van der Waals surface area contributed by atoms with Gasteiger partial charge in [0.2, 0.25) is 5.91 Å². The smallest absolute Gasteiger partial charge is 0.325 e. The van der Waals surface area contributed by atoms with E-state index >= 15 is 0 Å². The van der Waals surface area contributed by atoms with Gasteiger partial charge in [-0.1, -0.05) is 18.2 Å². The van der Waals surface area contributed by atoms with Gasteiger partial charge in [-0.3, -0.25) is 19.3 Å². The molecule has 1 unspecified atom stereocenters. The summed E-state index contributed by atoms with van der Waals surface area (Å²) in [5.74, 6) is -1.77. The number of halogens is 1. The zero-order valence-electron chi connectivity index (χ0n) is 16.8. The Kier molecular flexibility index (Phi) is 7.06. The Bertz CT molecular complexity index is 899. The number of likely N-dealkylation sites (N-methyl/N-ethyl adjacent to an activating group) is 1. The third-order valence-electron chi connectivity index (χ3n) is 4.75. The van der Waals surface area contributed by atoms with Crippen molar-refractivity contribution >= 4 is 23.5 Å². The molecule has 0 fully saturated rings. The van der Waals surface area contributed by atoms with E-state index in [0.717, 1.165) is 0 Å². The lowest BCUT2D eigenvalue weighted by Gasteiger charge is -2.35. The molecule has 154 valence electrons. The van der Waals surface area contributed by atoms with Crippen molar-refractivity contribution in [3.63, 3.8) is 0 Å². The van der Waals surface area contributed by atoms with Crippen LogP contribution >= 0.6 is 0 Å². The van der Waals surface area contributed by atoms with Gasteiger partial charge in [0, 0.05) is 11.3 Å². The first-order chi connectivity index (χ1) is 13.7. The van der Waals surface area contributed by atoms with Crippen LogP contribution in [-0.4, -0.2) is 50.4 Å². The molecule has 2 aromatic rings. The van der Waals surface area contributed by atoms with Crippen molar-refractivity contribution in [2.24, 2.45) is 0 Å². The maximum Gasteiger partial charge on any atom is 0.325 e. The van der Waals surface area contributed by atoms with Crippen LogP contribution in [0.4, 0.5) is 10.1 Å². The summed E-state index contributed by atoms with van der Waals surface area (Å²) in [7, 11) is 4.73. The summed E-state index contributed by atoms with van der Waals surface area (Å²) in [6.45, 7) is 1.47. The van der Waals surface area contributed by atoms with Crippen LogP contribution < -0.4 is 10.6 Å². The lowest BCUT2D eigenvalue weighted by atomic mass is 9.89. The highest BCUT2D eigenvalue weighted by Crippen LogP contribution is 2.28. The highest BCUT2D eigenvalue weighted by atomic mass is 19.1. The Hall–Kier alpha value is -3.26. The third kappa shape index (κ3) is 5.17. The van der Waals surface area contributed by atoms with Gasteiger partial charge in [0.25, 0.3) is 5.91 Å². The average Bonchev–Trinajstić information content (AvgIpc) is 2.71. The molecule has 0 aliphatic carbocycles. The minimum absolute atomic E-state index is 0.255. The second-order valence-electron chi connectivity index (χ2n) is 6.77. The van der Waals surface area contributed by atoms with Crippen LogP contribution in [0.25, 0.3) is 0 Å². The zero-order chi connectivity index (χ0) is 21.6. The summed E-state index contributed by atoms with van der Waals surface area (Å²) < 4.78 is 17.8. The Balaban J connectivity index is 2.21. The normalized spacial score (nSPS) is 12.8. The van der Waals surface area contributed by atoms with Gasteiger partial charge in [0.1, 0.15) is 17.9 Å². The SMILES string of the molecule is COC(=O)CNC(=O)c1cccc(NC(=O)C(C)(c2ccc(F)cc2)N(C)C)c1. The van der Waals surface area contributed by atoms with Crippen LogP contribution in [0.2, 0.25) is 0 Å². The number of nitrogens with one attached hydrogen (secondary N) is 2. The van der Waals surface area contributed by atoms with Gasteiger partial charge in [-0.05, 0) is 56.9 Å². The summed E-state index contributed by atoms with van der Waals surface area (Å²) in [6, 6.07) is 12.1. The number of anilines is 1. The quantitative estimate of drug-likeness (QED) is 0.694. The molecule has 0 bridgehead atoms. The molecular formula is C21H24FN3O4. The largest absolute Gasteiger partial charge is 0.468 e. The number of amides is 2. The summed E-state index contributed by atoms with van der Waals surface area (Å²) in [5, 5.41) is 5.24. The van der Waals surface area contributed by atoms with E-state index in [1.807, 2.05) is 0 Å². The lowest BCUT2D eigenvalue weighted by molar-refractivity contribution is -0.139. The Morgan fingerprint density at radius 1 is 1.10 bits per heavy atom. The number of carbonyl (C=O) groups is 3. The first-order valence-electron chi connectivity index (χ1n) is 8.88. The van der Waals surface area contributed by atoms with Crippen molar-refractivity contribution in [3.8, 4) is 0 Å². The molecule has 29 heavy (non-hydrogen) atoms. The van der Waals surface area contributed by atoms with Gasteiger partial charge in [-0.2, -0.15) is 0 Å². The van der Waals surface area contributed by atoms with Gasteiger partial charge in [-0.15, -0.1) is 0 Å². The van der Waals surface area contributed by atoms with Crippen LogP contribution in [0.15, 0.2) is 48.5 Å². The highest BCUT2D eigenvalue weighted by Gasteiger charge is 2.37. The summed E-state index contributed by atoms with van der Waals surface area (Å²) >= 11 is 0. The van der Waals surface area contributed by atoms with Crippen molar-refractivity contribution in [1.82, 2.24) is 10.2 Å². The van der Waals surface area contributed by atoms with Crippen LogP contribution in [0.5, 0.6) is 0 Å². The number of ether oxygens (including phenoxy) is 1. The van der Waals surface area contributed by atoms with Crippen LogP contribution in [0, 0.1) is 5.82 Å². The lowest BCUT2D eigenvalue weighted by Crippen LogP contribution is -2.48. The molecular weight excluding hydrogens is 377 g/mol. The zero-order valence-corrected chi connectivity index (χ0v) is 16.8. The van der Waals surface area contributed by atoms with Crippen LogP contribution in [0.1, 0.15) is 22.8 Å². The van der Waals surface area contributed by atoms with E-state index in [1.54, 1.807) is 56.3 Å². The van der Waals surface area contributed by atoms with Crippen LogP contribution in [0.3, 0.4) is 0 Å². The number of hydrogen-bond acceptors (Lipinski definition) is 5. The van der Waals surface area contributed by atoms with Crippen molar-refractivity contribution in [2.45, 2.75) is 12.5 Å². The standard InChI is InChI=1S/C21H24FN3O4/c1-21(25(2)3,15-8-10-16(22)11-9-15)20(28)24-17-7-5-6-14(12-17)19(27)23-13-18(26)29-4/h5-12H,13H2,1-4H3,(H,23,27)(H,24,28). The summed E-state index contributed by atoms with van der Waals surface area (Å²) in [6.07, 6.45) is 0. The monoisotopic (exact) mass is 401 g/mol. The van der Waals surface area contributed by atoms with E-state index in [0.29, 0.717) is 11.3 Å². The third-order valence-corrected chi connectivity index (χ3v) is 4.75. The molecule has 7 nitrogen and oxygen atoms in total. The first-order valence-corrected chi connectivity index (χ1v) is 8.88. The van der Waals surface area contributed by atoms with Crippen molar-refractivity contribution in [3.05, 3.63) is 65.5 Å². The number of hydrogen-bond donors (Lipinski definition) is 2. The van der Waals surface area contributed by atoms with Gasteiger partial charge in [0.05, 0.1) is 7.11 Å². The Morgan fingerprint density at radius 2 is 1.76 bits per heavy atom. The fraction of sp³-hybridized carbons (Fsp3) is 0.286. The van der Waals surface area contributed by atoms with E-state index in [4.69, 9.17) is 0 Å². The Morgan fingerprint density at radius 3 is 2.34 bits per heavy atom. The minimum atomic E-state index is -1.07. The number of rotatable bonds is 7. The van der Waals surface area contributed by atoms with Gasteiger partial charge in [0.15, 0.2) is 0 Å². The molecule has 2 N–H and O–H groups in total. The van der Waals surface area contributed by atoms with Gasteiger partial charge in [-0.25, -0.2) is 4.39 Å². The Labute approximate surface area is 168 Å². The van der Waals surface area contributed by atoms with Gasteiger partial charge >= 0.3 is 5.97 Å². The fourth-order valence-corrected chi connectivity index (χ4v) is 2.68.